The van der Waals surface area contributed by atoms with Gasteiger partial charge in [0.1, 0.15) is 5.76 Å². The van der Waals surface area contributed by atoms with E-state index in [0.717, 1.165) is 29.5 Å². The molecule has 0 unspecified atom stereocenters. The second-order valence-electron chi connectivity index (χ2n) is 4.58. The van der Waals surface area contributed by atoms with Crippen molar-refractivity contribution in [3.05, 3.63) is 42.4 Å². The maximum atomic E-state index is 5.28. The summed E-state index contributed by atoms with van der Waals surface area (Å²) in [5.41, 5.74) is 0.850. The van der Waals surface area contributed by atoms with E-state index in [4.69, 9.17) is 26.1 Å². The summed E-state index contributed by atoms with van der Waals surface area (Å²) >= 11 is 7.07. The van der Waals surface area contributed by atoms with Gasteiger partial charge in [-0.15, -0.1) is 0 Å². The zero-order valence-corrected chi connectivity index (χ0v) is 14.8. The molecule has 23 heavy (non-hydrogen) atoms. The van der Waals surface area contributed by atoms with Crippen molar-refractivity contribution in [3.63, 3.8) is 0 Å². The number of hydrogen-bond acceptors (Lipinski definition) is 5. The number of hydrogen-bond donors (Lipinski definition) is 2. The number of benzene rings is 1. The standard InChI is InChI=1S/C16H20N2O3S2/c1-19-14-6-5-12(10-15(14)20-2)18-16(22)17-7-9-23-11-13-4-3-8-21-13/h3-6,8,10H,7,9,11H2,1-2H3,(H2,17,18,22). The van der Waals surface area contributed by atoms with Crippen LogP contribution in [0.5, 0.6) is 11.5 Å². The number of nitrogens with one attached hydrogen (secondary N) is 2. The molecule has 0 bridgehead atoms. The number of rotatable bonds is 8. The summed E-state index contributed by atoms with van der Waals surface area (Å²) in [6, 6.07) is 9.45. The van der Waals surface area contributed by atoms with Crippen LogP contribution in [0.4, 0.5) is 5.69 Å². The van der Waals surface area contributed by atoms with Crippen LogP contribution in [0.1, 0.15) is 5.76 Å². The summed E-state index contributed by atoms with van der Waals surface area (Å²) in [5.74, 6) is 4.14. The second kappa shape index (κ2) is 9.32. The van der Waals surface area contributed by atoms with E-state index in [2.05, 4.69) is 10.6 Å². The topological polar surface area (TPSA) is 55.7 Å². The molecule has 0 aliphatic rings. The van der Waals surface area contributed by atoms with Crippen LogP contribution in [0.25, 0.3) is 0 Å². The van der Waals surface area contributed by atoms with Crippen molar-refractivity contribution in [3.8, 4) is 11.5 Å². The summed E-state index contributed by atoms with van der Waals surface area (Å²) < 4.78 is 15.8. The Kier molecular flexibility index (Phi) is 7.09. The fourth-order valence-corrected chi connectivity index (χ4v) is 2.87. The van der Waals surface area contributed by atoms with Crippen molar-refractivity contribution in [2.24, 2.45) is 0 Å². The molecule has 1 heterocycles. The van der Waals surface area contributed by atoms with Crippen LogP contribution in [0.15, 0.2) is 41.0 Å². The van der Waals surface area contributed by atoms with Crippen LogP contribution >= 0.6 is 24.0 Å². The fourth-order valence-electron chi connectivity index (χ4n) is 1.89. The van der Waals surface area contributed by atoms with Gasteiger partial charge in [-0.1, -0.05) is 0 Å². The lowest BCUT2D eigenvalue weighted by atomic mass is 10.3. The maximum absolute atomic E-state index is 5.28. The highest BCUT2D eigenvalue weighted by atomic mass is 32.2. The number of furan rings is 1. The van der Waals surface area contributed by atoms with Crippen LogP contribution in [0.2, 0.25) is 0 Å². The second-order valence-corrected chi connectivity index (χ2v) is 6.10. The number of thiocarbonyl (C=S) groups is 1. The molecule has 0 radical (unpaired) electrons. The highest BCUT2D eigenvalue weighted by Gasteiger charge is 2.05. The van der Waals surface area contributed by atoms with E-state index in [9.17, 15) is 0 Å². The normalized spacial score (nSPS) is 10.2. The molecule has 1 aromatic heterocycles. The van der Waals surface area contributed by atoms with E-state index in [-0.39, 0.29) is 0 Å². The average molecular weight is 352 g/mol. The third-order valence-corrected chi connectivity index (χ3v) is 4.23. The lowest BCUT2D eigenvalue weighted by Gasteiger charge is -2.13. The van der Waals surface area contributed by atoms with Crippen LogP contribution in [0, 0.1) is 0 Å². The van der Waals surface area contributed by atoms with Gasteiger partial charge in [0, 0.05) is 24.1 Å². The molecule has 2 aromatic rings. The van der Waals surface area contributed by atoms with Crippen molar-refractivity contribution in [2.75, 3.05) is 31.8 Å². The predicted molar refractivity (Wildman–Crippen MR) is 98.6 cm³/mol. The van der Waals surface area contributed by atoms with Gasteiger partial charge in [0.05, 0.1) is 26.2 Å². The minimum Gasteiger partial charge on any atom is -0.493 e. The Balaban J connectivity index is 1.70. The molecule has 0 fully saturated rings. The quantitative estimate of drug-likeness (QED) is 0.557. The number of thioether (sulfide) groups is 1. The van der Waals surface area contributed by atoms with Crippen molar-refractivity contribution in [1.82, 2.24) is 5.32 Å². The molecule has 124 valence electrons. The highest BCUT2D eigenvalue weighted by molar-refractivity contribution is 7.98. The van der Waals surface area contributed by atoms with E-state index < -0.39 is 0 Å². The average Bonchev–Trinajstić information content (AvgIpc) is 3.07. The molecule has 5 nitrogen and oxygen atoms in total. The maximum Gasteiger partial charge on any atom is 0.170 e. The number of anilines is 1. The molecule has 0 atom stereocenters. The Morgan fingerprint density at radius 3 is 2.74 bits per heavy atom. The predicted octanol–water partition coefficient (Wildman–Crippen LogP) is 3.52. The van der Waals surface area contributed by atoms with Gasteiger partial charge in [0.15, 0.2) is 16.6 Å². The first-order valence-corrected chi connectivity index (χ1v) is 8.66. The van der Waals surface area contributed by atoms with Gasteiger partial charge in [-0.05, 0) is 36.5 Å². The molecule has 0 saturated heterocycles. The fraction of sp³-hybridized carbons (Fsp3) is 0.312. The summed E-state index contributed by atoms with van der Waals surface area (Å²) in [7, 11) is 3.21. The minimum absolute atomic E-state index is 0.579. The zero-order chi connectivity index (χ0) is 16.5. The van der Waals surface area contributed by atoms with E-state index in [0.29, 0.717) is 16.6 Å². The van der Waals surface area contributed by atoms with Gasteiger partial charge in [-0.25, -0.2) is 0 Å². The molecule has 7 heteroatoms. The Morgan fingerprint density at radius 2 is 2.04 bits per heavy atom. The van der Waals surface area contributed by atoms with E-state index >= 15 is 0 Å². The third kappa shape index (κ3) is 5.69. The molecule has 0 saturated carbocycles. The van der Waals surface area contributed by atoms with Gasteiger partial charge in [0.2, 0.25) is 0 Å². The molecule has 0 aliphatic heterocycles. The van der Waals surface area contributed by atoms with Crippen molar-refractivity contribution in [2.45, 2.75) is 5.75 Å². The van der Waals surface area contributed by atoms with Crippen LogP contribution < -0.4 is 20.1 Å². The molecule has 0 amide bonds. The van der Waals surface area contributed by atoms with Gasteiger partial charge in [-0.2, -0.15) is 11.8 Å². The number of ether oxygens (including phenoxy) is 2. The van der Waals surface area contributed by atoms with E-state index in [1.54, 1.807) is 32.2 Å². The molecule has 2 rings (SSSR count). The third-order valence-electron chi connectivity index (χ3n) is 3.00. The Bertz CT molecular complexity index is 618. The summed E-state index contributed by atoms with van der Waals surface area (Å²) in [5, 5.41) is 6.88. The van der Waals surface area contributed by atoms with Gasteiger partial charge in [0.25, 0.3) is 0 Å². The smallest absolute Gasteiger partial charge is 0.170 e. The van der Waals surface area contributed by atoms with Crippen LogP contribution in [-0.2, 0) is 5.75 Å². The summed E-state index contributed by atoms with van der Waals surface area (Å²) in [6.07, 6.45) is 1.69. The van der Waals surface area contributed by atoms with E-state index in [1.165, 1.54) is 0 Å². The first kappa shape index (κ1) is 17.5. The minimum atomic E-state index is 0.579. The van der Waals surface area contributed by atoms with Gasteiger partial charge < -0.3 is 24.5 Å². The van der Waals surface area contributed by atoms with Crippen LogP contribution in [-0.4, -0.2) is 31.6 Å². The van der Waals surface area contributed by atoms with Crippen LogP contribution in [0.3, 0.4) is 0 Å². The summed E-state index contributed by atoms with van der Waals surface area (Å²) in [4.78, 5) is 0. The van der Waals surface area contributed by atoms with E-state index in [1.807, 2.05) is 30.3 Å². The first-order chi connectivity index (χ1) is 11.2. The molecule has 0 spiro atoms. The largest absolute Gasteiger partial charge is 0.493 e. The summed E-state index contributed by atoms with van der Waals surface area (Å²) in [6.45, 7) is 0.782. The monoisotopic (exact) mass is 352 g/mol. The lowest BCUT2D eigenvalue weighted by Crippen LogP contribution is -2.30. The molecule has 1 aromatic carbocycles. The Labute approximate surface area is 145 Å². The lowest BCUT2D eigenvalue weighted by molar-refractivity contribution is 0.355. The van der Waals surface area contributed by atoms with Crippen molar-refractivity contribution >= 4 is 34.8 Å². The highest BCUT2D eigenvalue weighted by Crippen LogP contribution is 2.29. The SMILES string of the molecule is COc1ccc(NC(=S)NCCSCc2ccco2)cc1OC. The van der Waals surface area contributed by atoms with Crippen molar-refractivity contribution in [1.29, 1.82) is 0 Å². The van der Waals surface area contributed by atoms with Gasteiger partial charge in [-0.3, -0.25) is 0 Å². The molecule has 2 N–H and O–H groups in total. The first-order valence-electron chi connectivity index (χ1n) is 7.10. The molecule has 0 aliphatic carbocycles. The Morgan fingerprint density at radius 1 is 1.22 bits per heavy atom. The zero-order valence-electron chi connectivity index (χ0n) is 13.1. The van der Waals surface area contributed by atoms with Crippen molar-refractivity contribution < 1.29 is 13.9 Å². The van der Waals surface area contributed by atoms with Gasteiger partial charge >= 0.3 is 0 Å². The number of methoxy groups -OCH3 is 2. The Hall–Kier alpha value is -1.86. The molecular formula is C16H20N2O3S2. The molecular weight excluding hydrogens is 332 g/mol.